The highest BCUT2D eigenvalue weighted by atomic mass is 16.5. The van der Waals surface area contributed by atoms with Gasteiger partial charge in [0.1, 0.15) is 0 Å². The van der Waals surface area contributed by atoms with Crippen LogP contribution >= 0.6 is 0 Å². The van der Waals surface area contributed by atoms with Crippen molar-refractivity contribution in [2.45, 2.75) is 45.3 Å². The van der Waals surface area contributed by atoms with Gasteiger partial charge >= 0.3 is 0 Å². The Bertz CT molecular complexity index is 384. The van der Waals surface area contributed by atoms with Gasteiger partial charge in [0.2, 0.25) is 0 Å². The van der Waals surface area contributed by atoms with Crippen molar-refractivity contribution in [2.75, 3.05) is 21.2 Å². The summed E-state index contributed by atoms with van der Waals surface area (Å²) >= 11 is 0. The van der Waals surface area contributed by atoms with Crippen LogP contribution in [0, 0.1) is 0 Å². The third-order valence-electron chi connectivity index (χ3n) is 3.71. The van der Waals surface area contributed by atoms with Gasteiger partial charge in [-0.25, -0.2) is 0 Å². The number of nitrogens with zero attached hydrogens (tertiary/aromatic N) is 3. The number of aromatic nitrogens is 2. The minimum atomic E-state index is -0.168. The first-order valence-electron chi connectivity index (χ1n) is 6.38. The maximum absolute atomic E-state index is 6.44. The number of ether oxygens (including phenoxy) is 1. The fourth-order valence-corrected chi connectivity index (χ4v) is 1.85. The van der Waals surface area contributed by atoms with Crippen LogP contribution in [0.2, 0.25) is 0 Å². The van der Waals surface area contributed by atoms with Gasteiger partial charge in [0.25, 0.3) is 0 Å². The molecule has 0 aliphatic heterocycles. The van der Waals surface area contributed by atoms with Gasteiger partial charge in [-0.05, 0) is 34.4 Å². The molecule has 0 amide bonds. The summed E-state index contributed by atoms with van der Waals surface area (Å²) in [6, 6.07) is -0.156. The molecular formula is C13H26N4O. The summed E-state index contributed by atoms with van der Waals surface area (Å²) in [6.45, 7) is 7.23. The van der Waals surface area contributed by atoms with E-state index >= 15 is 0 Å². The fourth-order valence-electron chi connectivity index (χ4n) is 1.85. The van der Waals surface area contributed by atoms with Gasteiger partial charge in [-0.15, -0.1) is 0 Å². The van der Waals surface area contributed by atoms with Gasteiger partial charge in [-0.2, -0.15) is 5.10 Å². The molecule has 0 aliphatic carbocycles. The molecule has 1 aromatic rings. The van der Waals surface area contributed by atoms with E-state index in [1.807, 2.05) is 18.8 Å². The molecule has 0 spiro atoms. The number of hydrogen-bond donors (Lipinski definition) is 1. The monoisotopic (exact) mass is 254 g/mol. The van der Waals surface area contributed by atoms with Gasteiger partial charge in [0.05, 0.1) is 25.0 Å². The van der Waals surface area contributed by atoms with Gasteiger partial charge < -0.3 is 15.4 Å². The summed E-state index contributed by atoms with van der Waals surface area (Å²) in [5.74, 6) is 0.769. The van der Waals surface area contributed by atoms with Gasteiger partial charge in [0, 0.05) is 12.1 Å². The number of likely N-dealkylation sites (N-methyl/N-ethyl adjacent to an activating group) is 1. The van der Waals surface area contributed by atoms with Crippen LogP contribution in [0.15, 0.2) is 6.20 Å². The second-order valence-corrected chi connectivity index (χ2v) is 5.35. The first-order chi connectivity index (χ1) is 8.36. The molecule has 0 aromatic carbocycles. The van der Waals surface area contributed by atoms with Crippen molar-refractivity contribution >= 4 is 0 Å². The maximum Gasteiger partial charge on any atom is 0.161 e. The molecule has 5 heteroatoms. The molecule has 0 saturated heterocycles. The molecule has 5 nitrogen and oxygen atoms in total. The summed E-state index contributed by atoms with van der Waals surface area (Å²) < 4.78 is 7.34. The Kier molecular flexibility index (Phi) is 4.76. The summed E-state index contributed by atoms with van der Waals surface area (Å²) in [7, 11) is 5.73. The van der Waals surface area contributed by atoms with Gasteiger partial charge in [-0.1, -0.05) is 6.92 Å². The largest absolute Gasteiger partial charge is 0.493 e. The smallest absolute Gasteiger partial charge is 0.161 e. The highest BCUT2D eigenvalue weighted by Crippen LogP contribution is 2.33. The van der Waals surface area contributed by atoms with Crippen molar-refractivity contribution in [1.82, 2.24) is 14.7 Å². The molecular weight excluding hydrogens is 228 g/mol. The molecule has 18 heavy (non-hydrogen) atoms. The van der Waals surface area contributed by atoms with Crippen LogP contribution in [0.4, 0.5) is 0 Å². The fraction of sp³-hybridized carbons (Fsp3) is 0.769. The molecule has 1 aromatic heterocycles. The Balaban J connectivity index is 3.17. The Morgan fingerprint density at radius 3 is 2.56 bits per heavy atom. The van der Waals surface area contributed by atoms with E-state index in [0.29, 0.717) is 0 Å². The molecule has 2 N–H and O–H groups in total. The molecule has 0 fully saturated rings. The molecule has 1 heterocycles. The lowest BCUT2D eigenvalue weighted by Crippen LogP contribution is -2.48. The molecule has 0 bridgehead atoms. The summed E-state index contributed by atoms with van der Waals surface area (Å²) in [4.78, 5) is 2.13. The maximum atomic E-state index is 6.44. The number of aryl methyl sites for hydroxylation is 1. The van der Waals surface area contributed by atoms with E-state index in [2.05, 4.69) is 30.8 Å². The van der Waals surface area contributed by atoms with E-state index in [1.165, 1.54) is 0 Å². The quantitative estimate of drug-likeness (QED) is 0.838. The zero-order valence-corrected chi connectivity index (χ0v) is 12.4. The van der Waals surface area contributed by atoms with Crippen LogP contribution in [0.5, 0.6) is 5.75 Å². The van der Waals surface area contributed by atoms with E-state index in [0.717, 1.165) is 24.4 Å². The number of hydrogen-bond acceptors (Lipinski definition) is 4. The Hall–Kier alpha value is -1.07. The summed E-state index contributed by atoms with van der Waals surface area (Å²) in [6.07, 6.45) is 2.77. The van der Waals surface area contributed by atoms with E-state index in [-0.39, 0.29) is 11.6 Å². The van der Waals surface area contributed by atoms with Crippen molar-refractivity contribution in [3.05, 3.63) is 11.9 Å². The van der Waals surface area contributed by atoms with Crippen LogP contribution < -0.4 is 10.5 Å². The van der Waals surface area contributed by atoms with Gasteiger partial charge in [-0.3, -0.25) is 4.68 Å². The Morgan fingerprint density at radius 1 is 1.50 bits per heavy atom. The van der Waals surface area contributed by atoms with Crippen LogP contribution in [0.3, 0.4) is 0 Å². The molecule has 0 radical (unpaired) electrons. The number of nitrogens with two attached hydrogens (primary N) is 1. The third-order valence-corrected chi connectivity index (χ3v) is 3.71. The lowest BCUT2D eigenvalue weighted by molar-refractivity contribution is 0.152. The summed E-state index contributed by atoms with van der Waals surface area (Å²) in [5, 5.41) is 4.36. The van der Waals surface area contributed by atoms with Crippen molar-refractivity contribution in [3.8, 4) is 5.75 Å². The van der Waals surface area contributed by atoms with Gasteiger partial charge in [0.15, 0.2) is 5.75 Å². The van der Waals surface area contributed by atoms with Crippen LogP contribution in [0.1, 0.15) is 38.9 Å². The van der Waals surface area contributed by atoms with Crippen LogP contribution in [-0.4, -0.2) is 41.4 Å². The highest BCUT2D eigenvalue weighted by molar-refractivity contribution is 5.30. The standard InChI is InChI=1S/C13H26N4O/c1-7-8-17-11(10(18-6)9-15-17)12(14)13(2,3)16(4)5/h9,12H,7-8,14H2,1-6H3. The SMILES string of the molecule is CCCn1ncc(OC)c1C(N)C(C)(C)N(C)C. The highest BCUT2D eigenvalue weighted by Gasteiger charge is 2.34. The van der Waals surface area contributed by atoms with Crippen molar-refractivity contribution < 1.29 is 4.74 Å². The minimum Gasteiger partial charge on any atom is -0.493 e. The third kappa shape index (κ3) is 2.67. The zero-order chi connectivity index (χ0) is 13.9. The van der Waals surface area contributed by atoms with E-state index in [4.69, 9.17) is 10.5 Å². The van der Waals surface area contributed by atoms with Crippen molar-refractivity contribution in [1.29, 1.82) is 0 Å². The van der Waals surface area contributed by atoms with Crippen molar-refractivity contribution in [3.63, 3.8) is 0 Å². The second kappa shape index (κ2) is 5.71. The molecule has 1 rings (SSSR count). The topological polar surface area (TPSA) is 56.3 Å². The average Bonchev–Trinajstić information content (AvgIpc) is 2.71. The number of methoxy groups -OCH3 is 1. The predicted octanol–water partition coefficient (Wildman–Crippen LogP) is 1.64. The molecule has 1 atom stereocenters. The minimum absolute atomic E-state index is 0.156. The number of rotatable bonds is 6. The lowest BCUT2D eigenvalue weighted by Gasteiger charge is -2.38. The Labute approximate surface area is 110 Å². The zero-order valence-electron chi connectivity index (χ0n) is 12.4. The first-order valence-corrected chi connectivity index (χ1v) is 6.38. The molecule has 1 unspecified atom stereocenters. The predicted molar refractivity (Wildman–Crippen MR) is 73.8 cm³/mol. The second-order valence-electron chi connectivity index (χ2n) is 5.35. The normalized spacial score (nSPS) is 14.0. The van der Waals surface area contributed by atoms with Crippen LogP contribution in [-0.2, 0) is 6.54 Å². The Morgan fingerprint density at radius 2 is 2.11 bits per heavy atom. The first kappa shape index (κ1) is 15.0. The van der Waals surface area contributed by atoms with E-state index < -0.39 is 0 Å². The van der Waals surface area contributed by atoms with Crippen molar-refractivity contribution in [2.24, 2.45) is 5.73 Å². The average molecular weight is 254 g/mol. The molecule has 0 saturated carbocycles. The molecule has 0 aliphatic rings. The van der Waals surface area contributed by atoms with Crippen LogP contribution in [0.25, 0.3) is 0 Å². The van der Waals surface area contributed by atoms with E-state index in [9.17, 15) is 0 Å². The summed E-state index contributed by atoms with van der Waals surface area (Å²) in [5.41, 5.74) is 7.25. The lowest BCUT2D eigenvalue weighted by atomic mass is 9.91. The van der Waals surface area contributed by atoms with E-state index in [1.54, 1.807) is 13.3 Å². The molecule has 104 valence electrons.